The molecule has 172 valence electrons. The maximum atomic E-state index is 13.1. The summed E-state index contributed by atoms with van der Waals surface area (Å²) in [6, 6.07) is 11.8. The van der Waals surface area contributed by atoms with E-state index in [1.54, 1.807) is 13.2 Å². The highest BCUT2D eigenvalue weighted by Crippen LogP contribution is 2.22. The smallest absolute Gasteiger partial charge is 0.309 e. The second kappa shape index (κ2) is 10.5. The monoisotopic (exact) mass is 465 g/mol. The first-order valence-electron chi connectivity index (χ1n) is 9.90. The quantitative estimate of drug-likeness (QED) is 0.554. The molecule has 2 amide bonds. The average Bonchev–Trinajstić information content (AvgIpc) is 3.27. The van der Waals surface area contributed by atoms with Crippen LogP contribution in [0.3, 0.4) is 0 Å². The third-order valence-electron chi connectivity index (χ3n) is 4.88. The zero-order chi connectivity index (χ0) is 23.1. The largest absolute Gasteiger partial charge is 0.496 e. The summed E-state index contributed by atoms with van der Waals surface area (Å²) in [7, 11) is -2.40. The number of halogens is 1. The third-order valence-corrected chi connectivity index (χ3v) is 6.78. The maximum absolute atomic E-state index is 13.1. The van der Waals surface area contributed by atoms with Crippen LogP contribution in [0.15, 0.2) is 53.4 Å². The van der Waals surface area contributed by atoms with E-state index in [-0.39, 0.29) is 31.1 Å². The lowest BCUT2D eigenvalue weighted by Crippen LogP contribution is -2.47. The molecule has 0 spiro atoms. The zero-order valence-corrected chi connectivity index (χ0v) is 18.2. The highest BCUT2D eigenvalue weighted by atomic mass is 32.2. The van der Waals surface area contributed by atoms with E-state index in [1.165, 1.54) is 0 Å². The molecule has 1 heterocycles. The fraction of sp³-hybridized carbons (Fsp3) is 0.333. The number of nitrogens with zero attached hydrogens (tertiary/aromatic N) is 1. The van der Waals surface area contributed by atoms with Crippen LogP contribution in [-0.2, 0) is 30.8 Å². The molecule has 9 nitrogen and oxygen atoms in total. The molecule has 2 N–H and O–H groups in total. The SMILES string of the molecule is COc1ccccc1CCNC(=O)C(=O)NC[C@H]1OCCN1S(=O)(=O)c1ccc(F)cc1. The van der Waals surface area contributed by atoms with Crippen LogP contribution >= 0.6 is 0 Å². The Hall–Kier alpha value is -3.02. The average molecular weight is 466 g/mol. The minimum Gasteiger partial charge on any atom is -0.496 e. The van der Waals surface area contributed by atoms with E-state index in [0.29, 0.717) is 12.2 Å². The van der Waals surface area contributed by atoms with Gasteiger partial charge in [-0.1, -0.05) is 18.2 Å². The Balaban J connectivity index is 1.51. The number of ether oxygens (including phenoxy) is 2. The summed E-state index contributed by atoms with van der Waals surface area (Å²) in [5.74, 6) is -1.61. The lowest BCUT2D eigenvalue weighted by atomic mass is 10.1. The summed E-state index contributed by atoms with van der Waals surface area (Å²) in [5.41, 5.74) is 0.886. The van der Waals surface area contributed by atoms with Crippen LogP contribution in [0.1, 0.15) is 5.56 Å². The van der Waals surface area contributed by atoms with Gasteiger partial charge in [-0.2, -0.15) is 4.31 Å². The number of hydrogen-bond donors (Lipinski definition) is 2. The van der Waals surface area contributed by atoms with Crippen molar-refractivity contribution < 1.29 is 31.9 Å². The van der Waals surface area contributed by atoms with Gasteiger partial charge in [0.15, 0.2) is 0 Å². The van der Waals surface area contributed by atoms with Gasteiger partial charge >= 0.3 is 11.8 Å². The van der Waals surface area contributed by atoms with Crippen LogP contribution in [-0.4, -0.2) is 64.1 Å². The Morgan fingerprint density at radius 2 is 1.81 bits per heavy atom. The Kier molecular flexibility index (Phi) is 7.78. The van der Waals surface area contributed by atoms with Gasteiger partial charge < -0.3 is 20.1 Å². The van der Waals surface area contributed by atoms with Crippen LogP contribution in [0, 0.1) is 5.82 Å². The Bertz CT molecular complexity index is 1060. The first-order valence-corrected chi connectivity index (χ1v) is 11.3. The summed E-state index contributed by atoms with van der Waals surface area (Å²) >= 11 is 0. The van der Waals surface area contributed by atoms with E-state index >= 15 is 0 Å². The summed E-state index contributed by atoms with van der Waals surface area (Å²) < 4.78 is 50.4. The predicted octanol–water partition coefficient (Wildman–Crippen LogP) is 0.656. The van der Waals surface area contributed by atoms with Crippen molar-refractivity contribution in [1.29, 1.82) is 0 Å². The van der Waals surface area contributed by atoms with Crippen molar-refractivity contribution in [2.75, 3.05) is 33.4 Å². The summed E-state index contributed by atoms with van der Waals surface area (Å²) in [4.78, 5) is 24.1. The van der Waals surface area contributed by atoms with Crippen LogP contribution in [0.2, 0.25) is 0 Å². The molecular formula is C21H24FN3O6S. The van der Waals surface area contributed by atoms with Gasteiger partial charge in [-0.15, -0.1) is 0 Å². The molecule has 1 saturated heterocycles. The van der Waals surface area contributed by atoms with Gasteiger partial charge in [0.1, 0.15) is 17.8 Å². The van der Waals surface area contributed by atoms with Crippen LogP contribution < -0.4 is 15.4 Å². The Labute approximate surface area is 185 Å². The topological polar surface area (TPSA) is 114 Å². The number of methoxy groups -OCH3 is 1. The second-order valence-corrected chi connectivity index (χ2v) is 8.81. The summed E-state index contributed by atoms with van der Waals surface area (Å²) in [5, 5.41) is 4.91. The highest BCUT2D eigenvalue weighted by molar-refractivity contribution is 7.89. The summed E-state index contributed by atoms with van der Waals surface area (Å²) in [6.07, 6.45) is -0.506. The molecule has 1 atom stereocenters. The van der Waals surface area contributed by atoms with Gasteiger partial charge in [-0.05, 0) is 42.3 Å². The van der Waals surface area contributed by atoms with Crippen molar-refractivity contribution in [3.63, 3.8) is 0 Å². The van der Waals surface area contributed by atoms with Crippen molar-refractivity contribution >= 4 is 21.8 Å². The molecule has 1 aliphatic rings. The molecule has 2 aromatic carbocycles. The fourth-order valence-corrected chi connectivity index (χ4v) is 4.75. The number of carbonyl (C=O) groups excluding carboxylic acids is 2. The van der Waals surface area contributed by atoms with Crippen LogP contribution in [0.25, 0.3) is 0 Å². The number of rotatable bonds is 8. The maximum Gasteiger partial charge on any atom is 0.309 e. The number of amides is 2. The number of benzene rings is 2. The standard InChI is InChI=1S/C21H24FN3O6S/c1-30-18-5-3-2-4-15(18)10-11-23-20(26)21(27)24-14-19-25(12-13-31-19)32(28,29)17-8-6-16(22)7-9-17/h2-9,19H,10-14H2,1H3,(H,23,26)(H,24,27)/t19-/m1/s1. The number of sulfonamides is 1. The van der Waals surface area contributed by atoms with E-state index in [0.717, 1.165) is 34.1 Å². The molecular weight excluding hydrogens is 441 g/mol. The van der Waals surface area contributed by atoms with Gasteiger partial charge in [-0.3, -0.25) is 9.59 Å². The van der Waals surface area contributed by atoms with Crippen LogP contribution in [0.4, 0.5) is 4.39 Å². The fourth-order valence-electron chi connectivity index (χ4n) is 3.24. The Morgan fingerprint density at radius 1 is 1.12 bits per heavy atom. The van der Waals surface area contributed by atoms with E-state index < -0.39 is 33.9 Å². The van der Waals surface area contributed by atoms with Crippen LogP contribution in [0.5, 0.6) is 5.75 Å². The van der Waals surface area contributed by atoms with Gasteiger partial charge in [0.05, 0.1) is 25.2 Å². The van der Waals surface area contributed by atoms with Gasteiger partial charge in [-0.25, -0.2) is 12.8 Å². The van der Waals surface area contributed by atoms with Gasteiger partial charge in [0.25, 0.3) is 0 Å². The van der Waals surface area contributed by atoms with Crippen molar-refractivity contribution in [2.45, 2.75) is 17.5 Å². The zero-order valence-electron chi connectivity index (χ0n) is 17.4. The minimum absolute atomic E-state index is 0.0748. The molecule has 0 unspecified atom stereocenters. The summed E-state index contributed by atoms with van der Waals surface area (Å²) in [6.45, 7) is 0.216. The first kappa shape index (κ1) is 23.6. The molecule has 0 saturated carbocycles. The number of carbonyl (C=O) groups is 2. The molecule has 1 fully saturated rings. The number of para-hydroxylation sites is 1. The lowest BCUT2D eigenvalue weighted by molar-refractivity contribution is -0.139. The van der Waals surface area contributed by atoms with E-state index in [2.05, 4.69) is 10.6 Å². The van der Waals surface area contributed by atoms with Gasteiger partial charge in [0, 0.05) is 13.1 Å². The first-order chi connectivity index (χ1) is 15.3. The predicted molar refractivity (Wildman–Crippen MR) is 113 cm³/mol. The molecule has 0 aliphatic carbocycles. The molecule has 0 bridgehead atoms. The molecule has 0 radical (unpaired) electrons. The van der Waals surface area contributed by atoms with Gasteiger partial charge in [0.2, 0.25) is 10.0 Å². The Morgan fingerprint density at radius 3 is 2.53 bits per heavy atom. The third kappa shape index (κ3) is 5.61. The molecule has 1 aliphatic heterocycles. The molecule has 0 aromatic heterocycles. The highest BCUT2D eigenvalue weighted by Gasteiger charge is 2.36. The lowest BCUT2D eigenvalue weighted by Gasteiger charge is -2.22. The second-order valence-electron chi connectivity index (χ2n) is 6.92. The minimum atomic E-state index is -3.95. The van der Waals surface area contributed by atoms with Crippen molar-refractivity contribution in [1.82, 2.24) is 14.9 Å². The normalized spacial score (nSPS) is 16.5. The van der Waals surface area contributed by atoms with Crippen molar-refractivity contribution in [2.24, 2.45) is 0 Å². The molecule has 2 aromatic rings. The number of hydrogen-bond acceptors (Lipinski definition) is 6. The molecule has 11 heteroatoms. The molecule has 3 rings (SSSR count). The molecule has 32 heavy (non-hydrogen) atoms. The van der Waals surface area contributed by atoms with Crippen molar-refractivity contribution in [3.8, 4) is 5.75 Å². The van der Waals surface area contributed by atoms with E-state index in [9.17, 15) is 22.4 Å². The van der Waals surface area contributed by atoms with Crippen molar-refractivity contribution in [3.05, 3.63) is 59.9 Å². The number of nitrogens with one attached hydrogen (secondary N) is 2. The van der Waals surface area contributed by atoms with E-state index in [1.807, 2.05) is 18.2 Å². The van der Waals surface area contributed by atoms with E-state index in [4.69, 9.17) is 9.47 Å².